The van der Waals surface area contributed by atoms with Crippen LogP contribution in [0.1, 0.15) is 32.6 Å². The second kappa shape index (κ2) is 2.98. The molecule has 2 rings (SSSR count). The van der Waals surface area contributed by atoms with Crippen LogP contribution in [0.4, 0.5) is 0 Å². The van der Waals surface area contributed by atoms with Crippen molar-refractivity contribution in [3.05, 3.63) is 0 Å². The molecule has 1 aliphatic heterocycles. The third-order valence-corrected chi connectivity index (χ3v) is 3.33. The lowest BCUT2D eigenvalue weighted by atomic mass is 9.72. The molecule has 2 aliphatic rings. The highest BCUT2D eigenvalue weighted by atomic mass is 16.3. The highest BCUT2D eigenvalue weighted by Crippen LogP contribution is 2.39. The monoisotopic (exact) mass is 169 g/mol. The van der Waals surface area contributed by atoms with Crippen molar-refractivity contribution in [2.75, 3.05) is 6.54 Å². The van der Waals surface area contributed by atoms with Crippen LogP contribution in [0.2, 0.25) is 0 Å². The maximum absolute atomic E-state index is 11.3. The van der Waals surface area contributed by atoms with Gasteiger partial charge in [0.05, 0.1) is 0 Å². The summed E-state index contributed by atoms with van der Waals surface area (Å²) < 4.78 is 0. The molecule has 2 fully saturated rings. The van der Waals surface area contributed by atoms with Crippen molar-refractivity contribution < 1.29 is 5.11 Å². The van der Waals surface area contributed by atoms with Crippen molar-refractivity contribution in [1.29, 1.82) is 0 Å². The molecule has 0 aromatic rings. The summed E-state index contributed by atoms with van der Waals surface area (Å²) in [6.07, 6.45) is 3.69. The van der Waals surface area contributed by atoms with Crippen LogP contribution in [0.3, 0.4) is 0 Å². The van der Waals surface area contributed by atoms with E-state index in [4.69, 9.17) is 0 Å². The summed E-state index contributed by atoms with van der Waals surface area (Å²) in [5, 5.41) is 17.9. The molecular formula is C9H17N2O. The van der Waals surface area contributed by atoms with Crippen LogP contribution in [0.25, 0.3) is 0 Å². The summed E-state index contributed by atoms with van der Waals surface area (Å²) in [7, 11) is 0. The first-order valence-corrected chi connectivity index (χ1v) is 4.94. The fourth-order valence-corrected chi connectivity index (χ4v) is 2.37. The van der Waals surface area contributed by atoms with Crippen LogP contribution in [0.5, 0.6) is 0 Å². The highest BCUT2D eigenvalue weighted by Gasteiger charge is 2.50. The van der Waals surface area contributed by atoms with Crippen LogP contribution in [-0.2, 0) is 5.11 Å². The van der Waals surface area contributed by atoms with Crippen LogP contribution in [-0.4, -0.2) is 24.4 Å². The van der Waals surface area contributed by atoms with Gasteiger partial charge in [-0.25, -0.2) is 5.11 Å². The van der Waals surface area contributed by atoms with Gasteiger partial charge in [0.1, 0.15) is 6.23 Å². The van der Waals surface area contributed by atoms with Gasteiger partial charge in [0.2, 0.25) is 0 Å². The molecule has 0 spiro atoms. The quantitative estimate of drug-likeness (QED) is 0.609. The zero-order valence-electron chi connectivity index (χ0n) is 7.60. The number of hydrogen-bond donors (Lipinski definition) is 2. The Morgan fingerprint density at radius 1 is 1.67 bits per heavy atom. The molecule has 0 aromatic carbocycles. The zero-order chi connectivity index (χ0) is 8.60. The fourth-order valence-electron chi connectivity index (χ4n) is 2.37. The molecule has 0 bridgehead atoms. The molecule has 1 aliphatic carbocycles. The Morgan fingerprint density at radius 2 is 2.50 bits per heavy atom. The van der Waals surface area contributed by atoms with Crippen molar-refractivity contribution in [3.8, 4) is 0 Å². The molecule has 69 valence electrons. The maximum Gasteiger partial charge on any atom is 0.144 e. The van der Waals surface area contributed by atoms with E-state index in [0.717, 1.165) is 13.0 Å². The highest BCUT2D eigenvalue weighted by molar-refractivity contribution is 5.12. The van der Waals surface area contributed by atoms with Crippen LogP contribution in [0, 0.1) is 0 Å². The Labute approximate surface area is 73.5 Å². The summed E-state index contributed by atoms with van der Waals surface area (Å²) >= 11 is 0. The van der Waals surface area contributed by atoms with E-state index < -0.39 is 6.23 Å². The molecule has 1 saturated heterocycles. The van der Waals surface area contributed by atoms with Gasteiger partial charge in [-0.1, -0.05) is 6.92 Å². The molecule has 1 heterocycles. The van der Waals surface area contributed by atoms with E-state index in [2.05, 4.69) is 10.6 Å². The Morgan fingerprint density at radius 3 is 3.00 bits per heavy atom. The summed E-state index contributed by atoms with van der Waals surface area (Å²) in [6.45, 7) is 3.02. The van der Waals surface area contributed by atoms with Gasteiger partial charge in [-0.05, 0) is 32.2 Å². The largest absolute Gasteiger partial charge is 0.312 e. The lowest BCUT2D eigenvalue weighted by molar-refractivity contribution is -0.00122. The van der Waals surface area contributed by atoms with E-state index in [1.165, 1.54) is 12.8 Å². The molecule has 1 radical (unpaired) electrons. The van der Waals surface area contributed by atoms with E-state index >= 15 is 0 Å². The fraction of sp³-hybridized carbons (Fsp3) is 1.00. The summed E-state index contributed by atoms with van der Waals surface area (Å²) in [6, 6.07) is 0.584. The summed E-state index contributed by atoms with van der Waals surface area (Å²) in [5.41, 5.74) is 0.183. The van der Waals surface area contributed by atoms with E-state index in [1.54, 1.807) is 0 Å². The number of rotatable bonds is 3. The first kappa shape index (κ1) is 8.48. The van der Waals surface area contributed by atoms with E-state index in [9.17, 15) is 5.11 Å². The Bertz CT molecular complexity index is 174. The molecule has 12 heavy (non-hydrogen) atoms. The van der Waals surface area contributed by atoms with Crippen LogP contribution < -0.4 is 10.6 Å². The topological polar surface area (TPSA) is 44.0 Å². The second-order valence-electron chi connectivity index (χ2n) is 3.99. The molecule has 3 heteroatoms. The molecule has 1 saturated carbocycles. The number of nitrogens with one attached hydrogen (secondary N) is 2. The minimum Gasteiger partial charge on any atom is -0.312 e. The molecule has 3 unspecified atom stereocenters. The van der Waals surface area contributed by atoms with Gasteiger partial charge >= 0.3 is 0 Å². The second-order valence-corrected chi connectivity index (χ2v) is 3.99. The molecule has 3 atom stereocenters. The predicted octanol–water partition coefficient (Wildman–Crippen LogP) is 0.637. The predicted molar refractivity (Wildman–Crippen MR) is 46.3 cm³/mol. The zero-order valence-corrected chi connectivity index (χ0v) is 7.60. The molecular weight excluding hydrogens is 152 g/mol. The Kier molecular flexibility index (Phi) is 2.10. The van der Waals surface area contributed by atoms with Crippen molar-refractivity contribution in [1.82, 2.24) is 10.6 Å². The average molecular weight is 169 g/mol. The van der Waals surface area contributed by atoms with Crippen molar-refractivity contribution in [3.63, 3.8) is 0 Å². The van der Waals surface area contributed by atoms with Crippen LogP contribution >= 0.6 is 0 Å². The maximum atomic E-state index is 11.3. The smallest absolute Gasteiger partial charge is 0.144 e. The van der Waals surface area contributed by atoms with Crippen molar-refractivity contribution in [2.45, 2.75) is 50.4 Å². The molecule has 3 nitrogen and oxygen atoms in total. The first-order valence-electron chi connectivity index (χ1n) is 4.94. The van der Waals surface area contributed by atoms with Gasteiger partial charge in [-0.2, -0.15) is 0 Å². The lowest BCUT2D eigenvalue weighted by Gasteiger charge is -2.46. The van der Waals surface area contributed by atoms with Gasteiger partial charge in [0, 0.05) is 11.6 Å². The minimum absolute atomic E-state index is 0.183. The van der Waals surface area contributed by atoms with E-state index in [0.29, 0.717) is 12.5 Å². The first-order chi connectivity index (χ1) is 5.77. The Hall–Kier alpha value is -0.120. The van der Waals surface area contributed by atoms with Gasteiger partial charge in [0.15, 0.2) is 0 Å². The van der Waals surface area contributed by atoms with E-state index in [-0.39, 0.29) is 5.54 Å². The summed E-state index contributed by atoms with van der Waals surface area (Å²) in [5.74, 6) is 0. The van der Waals surface area contributed by atoms with Crippen molar-refractivity contribution >= 4 is 0 Å². The number of fused-ring (bicyclic) bond motifs is 1. The minimum atomic E-state index is -0.562. The van der Waals surface area contributed by atoms with Gasteiger partial charge in [0.25, 0.3) is 0 Å². The molecule has 0 amide bonds. The average Bonchev–Trinajstić information content (AvgIpc) is 2.31. The van der Waals surface area contributed by atoms with Gasteiger partial charge < -0.3 is 5.32 Å². The van der Waals surface area contributed by atoms with Crippen LogP contribution in [0.15, 0.2) is 0 Å². The number of hydrogen-bond acceptors (Lipinski definition) is 2. The SMILES string of the molecule is CCC([O])NC12CCNC1CC2. The summed E-state index contributed by atoms with van der Waals surface area (Å²) in [4.78, 5) is 0. The van der Waals surface area contributed by atoms with Gasteiger partial charge in [-0.3, -0.25) is 5.32 Å². The van der Waals surface area contributed by atoms with Gasteiger partial charge in [-0.15, -0.1) is 0 Å². The molecule has 0 aromatic heterocycles. The lowest BCUT2D eigenvalue weighted by Crippen LogP contribution is -2.63. The Balaban J connectivity index is 1.93. The normalized spacial score (nSPS) is 42.0. The third-order valence-electron chi connectivity index (χ3n) is 3.33. The van der Waals surface area contributed by atoms with Crippen molar-refractivity contribution in [2.24, 2.45) is 0 Å². The molecule has 2 N–H and O–H groups in total. The van der Waals surface area contributed by atoms with E-state index in [1.807, 2.05) is 6.92 Å². The standard InChI is InChI=1S/C9H17N2O/c1-2-8(12)11-9-4-3-7(9)10-6-5-9/h7-8,10-11H,2-6H2,1H3. The third kappa shape index (κ3) is 1.16.